The van der Waals surface area contributed by atoms with Gasteiger partial charge in [0.2, 0.25) is 0 Å². The molecule has 7 heteroatoms. The lowest BCUT2D eigenvalue weighted by Gasteiger charge is -2.34. The lowest BCUT2D eigenvalue weighted by Crippen LogP contribution is -2.36. The molecule has 6 nitrogen and oxygen atoms in total. The molecule has 2 fully saturated rings. The minimum absolute atomic E-state index is 0.0253. The van der Waals surface area contributed by atoms with Gasteiger partial charge >= 0.3 is 0 Å². The summed E-state index contributed by atoms with van der Waals surface area (Å²) in [5.74, 6) is 1.03. The standard InChI is InChI=1S/C19H24N4O2S/c24-17-6-13-8-22(7-12(13)5-16(17)23-11-20-10-21-23)19(25)15-9-26-18-4-2-1-3-14(15)18/h9-13,16-17,24H,1-8H2/t12-,13+,16-,17-/m1/s1. The van der Waals surface area contributed by atoms with Crippen LogP contribution in [0.2, 0.25) is 0 Å². The second-order valence-corrected chi connectivity index (χ2v) is 8.93. The summed E-state index contributed by atoms with van der Waals surface area (Å²) >= 11 is 1.76. The highest BCUT2D eigenvalue weighted by atomic mass is 32.1. The van der Waals surface area contributed by atoms with E-state index in [-0.39, 0.29) is 11.9 Å². The highest BCUT2D eigenvalue weighted by Gasteiger charge is 2.44. The number of aliphatic hydroxyl groups is 1. The predicted octanol–water partition coefficient (Wildman–Crippen LogP) is 2.30. The highest BCUT2D eigenvalue weighted by Crippen LogP contribution is 2.42. The SMILES string of the molecule is O=C(c1csc2c1CCCC2)N1C[C@H]2C[C@@H](n3cncn3)[C@H](O)C[C@H]2C1. The van der Waals surface area contributed by atoms with E-state index in [1.807, 2.05) is 4.90 Å². The van der Waals surface area contributed by atoms with Gasteiger partial charge in [-0.1, -0.05) is 0 Å². The quantitative estimate of drug-likeness (QED) is 0.878. The van der Waals surface area contributed by atoms with Gasteiger partial charge < -0.3 is 10.0 Å². The molecule has 0 radical (unpaired) electrons. The summed E-state index contributed by atoms with van der Waals surface area (Å²) in [4.78, 5) is 20.6. The zero-order valence-corrected chi connectivity index (χ0v) is 15.6. The maximum atomic E-state index is 13.2. The fourth-order valence-corrected chi connectivity index (χ4v) is 6.21. The first-order chi connectivity index (χ1) is 12.7. The largest absolute Gasteiger partial charge is 0.391 e. The Morgan fingerprint density at radius 1 is 1.19 bits per heavy atom. The topological polar surface area (TPSA) is 71.2 Å². The molecule has 0 spiro atoms. The second kappa shape index (κ2) is 6.46. The average molecular weight is 372 g/mol. The Morgan fingerprint density at radius 3 is 2.81 bits per heavy atom. The van der Waals surface area contributed by atoms with Crippen molar-refractivity contribution in [2.45, 2.75) is 50.7 Å². The molecular weight excluding hydrogens is 348 g/mol. The number of carbonyl (C=O) groups is 1. The number of nitrogens with zero attached hydrogens (tertiary/aromatic N) is 4. The Morgan fingerprint density at radius 2 is 2.00 bits per heavy atom. The molecule has 0 aromatic carbocycles. The van der Waals surface area contributed by atoms with Crippen molar-refractivity contribution in [1.82, 2.24) is 19.7 Å². The van der Waals surface area contributed by atoms with E-state index < -0.39 is 6.10 Å². The van der Waals surface area contributed by atoms with Crippen molar-refractivity contribution in [3.63, 3.8) is 0 Å². The van der Waals surface area contributed by atoms with Crippen LogP contribution in [-0.2, 0) is 12.8 Å². The summed E-state index contributed by atoms with van der Waals surface area (Å²) in [6.07, 6.45) is 9.01. The molecule has 1 saturated carbocycles. The van der Waals surface area contributed by atoms with Crippen molar-refractivity contribution < 1.29 is 9.90 Å². The summed E-state index contributed by atoms with van der Waals surface area (Å²) in [6, 6.07) is -0.0253. The fourth-order valence-electron chi connectivity index (χ4n) is 5.09. The van der Waals surface area contributed by atoms with Crippen LogP contribution in [0.3, 0.4) is 0 Å². The lowest BCUT2D eigenvalue weighted by molar-refractivity contribution is 0.0304. The predicted molar refractivity (Wildman–Crippen MR) is 98.1 cm³/mol. The van der Waals surface area contributed by atoms with Crippen LogP contribution >= 0.6 is 11.3 Å². The van der Waals surface area contributed by atoms with Gasteiger partial charge in [-0.25, -0.2) is 9.67 Å². The number of rotatable bonds is 2. The van der Waals surface area contributed by atoms with E-state index in [4.69, 9.17) is 0 Å². The number of carbonyl (C=O) groups excluding carboxylic acids is 1. The molecule has 0 bridgehead atoms. The number of thiophene rings is 1. The van der Waals surface area contributed by atoms with Gasteiger partial charge in [0.25, 0.3) is 5.91 Å². The van der Waals surface area contributed by atoms with Crippen molar-refractivity contribution in [1.29, 1.82) is 0 Å². The number of aromatic nitrogens is 3. The van der Waals surface area contributed by atoms with E-state index in [0.717, 1.165) is 44.3 Å². The van der Waals surface area contributed by atoms with Crippen LogP contribution in [0.25, 0.3) is 0 Å². The van der Waals surface area contributed by atoms with Crippen molar-refractivity contribution in [2.24, 2.45) is 11.8 Å². The number of hydrogen-bond donors (Lipinski definition) is 1. The fraction of sp³-hybridized carbons (Fsp3) is 0.632. The van der Waals surface area contributed by atoms with E-state index >= 15 is 0 Å². The summed E-state index contributed by atoms with van der Waals surface area (Å²) < 4.78 is 1.78. The van der Waals surface area contributed by atoms with Crippen LogP contribution in [0, 0.1) is 11.8 Å². The molecule has 5 rings (SSSR count). The van der Waals surface area contributed by atoms with Gasteiger partial charge in [-0.2, -0.15) is 5.10 Å². The third-order valence-corrected chi connectivity index (χ3v) is 7.55. The van der Waals surface area contributed by atoms with Gasteiger partial charge in [-0.3, -0.25) is 4.79 Å². The number of aryl methyl sites for hydroxylation is 1. The van der Waals surface area contributed by atoms with Crippen molar-refractivity contribution >= 4 is 17.2 Å². The van der Waals surface area contributed by atoms with Crippen LogP contribution in [0.15, 0.2) is 18.0 Å². The smallest absolute Gasteiger partial charge is 0.255 e. The maximum absolute atomic E-state index is 13.2. The molecule has 1 N–H and O–H groups in total. The number of likely N-dealkylation sites (tertiary alicyclic amines) is 1. The first-order valence-electron chi connectivity index (χ1n) is 9.61. The Balaban J connectivity index is 1.33. The number of amides is 1. The Hall–Kier alpha value is -1.73. The van der Waals surface area contributed by atoms with Crippen LogP contribution in [0.5, 0.6) is 0 Å². The molecule has 1 saturated heterocycles. The van der Waals surface area contributed by atoms with Gasteiger partial charge in [0, 0.05) is 23.3 Å². The molecule has 2 aliphatic carbocycles. The first-order valence-corrected chi connectivity index (χ1v) is 10.5. The zero-order valence-electron chi connectivity index (χ0n) is 14.8. The van der Waals surface area contributed by atoms with Gasteiger partial charge in [0.05, 0.1) is 17.7 Å². The Bertz CT molecular complexity index is 803. The van der Waals surface area contributed by atoms with Crippen molar-refractivity contribution in [2.75, 3.05) is 13.1 Å². The summed E-state index contributed by atoms with van der Waals surface area (Å²) in [6.45, 7) is 1.57. The van der Waals surface area contributed by atoms with E-state index in [2.05, 4.69) is 15.5 Å². The van der Waals surface area contributed by atoms with E-state index in [1.54, 1.807) is 22.3 Å². The first kappa shape index (κ1) is 16.4. The molecule has 138 valence electrons. The molecule has 2 aromatic heterocycles. The molecule has 3 aliphatic rings. The number of fused-ring (bicyclic) bond motifs is 2. The molecule has 1 amide bonds. The van der Waals surface area contributed by atoms with Gasteiger partial charge in [0.15, 0.2) is 0 Å². The zero-order chi connectivity index (χ0) is 17.7. The second-order valence-electron chi connectivity index (χ2n) is 7.97. The molecule has 26 heavy (non-hydrogen) atoms. The van der Waals surface area contributed by atoms with Crippen LogP contribution in [0.1, 0.15) is 52.5 Å². The summed E-state index contributed by atoms with van der Waals surface area (Å²) in [7, 11) is 0. The van der Waals surface area contributed by atoms with Crippen LogP contribution in [0.4, 0.5) is 0 Å². The maximum Gasteiger partial charge on any atom is 0.255 e. The van der Waals surface area contributed by atoms with Crippen LogP contribution < -0.4 is 0 Å². The van der Waals surface area contributed by atoms with Crippen molar-refractivity contribution in [3.8, 4) is 0 Å². The summed E-state index contributed by atoms with van der Waals surface area (Å²) in [5, 5.41) is 16.9. The van der Waals surface area contributed by atoms with E-state index in [1.165, 1.54) is 29.6 Å². The van der Waals surface area contributed by atoms with Gasteiger partial charge in [-0.05, 0) is 55.9 Å². The molecule has 3 heterocycles. The lowest BCUT2D eigenvalue weighted by atomic mass is 9.77. The Labute approximate surface area is 156 Å². The molecular formula is C19H24N4O2S. The third-order valence-electron chi connectivity index (χ3n) is 6.46. The minimum Gasteiger partial charge on any atom is -0.391 e. The minimum atomic E-state index is -0.415. The molecule has 2 aromatic rings. The summed E-state index contributed by atoms with van der Waals surface area (Å²) in [5.41, 5.74) is 2.25. The monoisotopic (exact) mass is 372 g/mol. The number of aliphatic hydroxyl groups excluding tert-OH is 1. The highest BCUT2D eigenvalue weighted by molar-refractivity contribution is 7.10. The molecule has 0 unspecified atom stereocenters. The van der Waals surface area contributed by atoms with Crippen LogP contribution in [-0.4, -0.2) is 49.9 Å². The van der Waals surface area contributed by atoms with Crippen molar-refractivity contribution in [3.05, 3.63) is 34.0 Å². The Kier molecular flexibility index (Phi) is 4.09. The number of hydrogen-bond acceptors (Lipinski definition) is 5. The normalized spacial score (nSPS) is 30.9. The van der Waals surface area contributed by atoms with E-state index in [0.29, 0.717) is 11.8 Å². The van der Waals surface area contributed by atoms with Gasteiger partial charge in [-0.15, -0.1) is 11.3 Å². The average Bonchev–Trinajstić information content (AvgIpc) is 3.39. The molecule has 4 atom stereocenters. The van der Waals surface area contributed by atoms with E-state index in [9.17, 15) is 9.90 Å². The third kappa shape index (κ3) is 2.68. The van der Waals surface area contributed by atoms with Gasteiger partial charge in [0.1, 0.15) is 12.7 Å². The molecule has 1 aliphatic heterocycles.